The van der Waals surface area contributed by atoms with Gasteiger partial charge in [0, 0.05) is 32.6 Å². The molecule has 7 heteroatoms. The highest BCUT2D eigenvalue weighted by atomic mass is 16.6. The maximum absolute atomic E-state index is 12.9. The van der Waals surface area contributed by atoms with Gasteiger partial charge in [-0.2, -0.15) is 0 Å². The van der Waals surface area contributed by atoms with Gasteiger partial charge in [-0.25, -0.2) is 0 Å². The van der Waals surface area contributed by atoms with E-state index in [9.17, 15) is 9.59 Å². The smallest absolute Gasteiger partial charge is 0.227 e. The van der Waals surface area contributed by atoms with Crippen molar-refractivity contribution in [3.8, 4) is 17.2 Å². The summed E-state index contributed by atoms with van der Waals surface area (Å²) in [7, 11) is 1.64. The summed E-state index contributed by atoms with van der Waals surface area (Å²) in [6.45, 7) is 3.58. The van der Waals surface area contributed by atoms with Crippen LogP contribution in [0.4, 0.5) is 0 Å². The second-order valence-electron chi connectivity index (χ2n) is 8.12. The quantitative estimate of drug-likeness (QED) is 0.694. The van der Waals surface area contributed by atoms with Crippen molar-refractivity contribution in [3.05, 3.63) is 53.6 Å². The fourth-order valence-electron chi connectivity index (χ4n) is 4.10. The zero-order valence-corrected chi connectivity index (χ0v) is 18.5. The Labute approximate surface area is 188 Å². The Balaban J connectivity index is 1.26. The monoisotopic (exact) mass is 438 g/mol. The highest BCUT2D eigenvalue weighted by molar-refractivity contribution is 5.80. The number of methoxy groups -OCH3 is 1. The summed E-state index contributed by atoms with van der Waals surface area (Å²) in [5, 5.41) is 0. The average Bonchev–Trinajstić information content (AvgIpc) is 3.09. The summed E-state index contributed by atoms with van der Waals surface area (Å²) >= 11 is 0. The highest BCUT2D eigenvalue weighted by Gasteiger charge is 2.22. The van der Waals surface area contributed by atoms with Crippen molar-refractivity contribution < 1.29 is 23.8 Å². The molecule has 0 saturated carbocycles. The zero-order valence-electron chi connectivity index (χ0n) is 18.5. The van der Waals surface area contributed by atoms with Crippen LogP contribution in [0.2, 0.25) is 0 Å². The predicted octanol–water partition coefficient (Wildman–Crippen LogP) is 2.70. The Bertz CT molecular complexity index is 944. The van der Waals surface area contributed by atoms with Crippen LogP contribution in [0.1, 0.15) is 24.0 Å². The lowest BCUT2D eigenvalue weighted by Gasteiger charge is -2.23. The largest absolute Gasteiger partial charge is 0.497 e. The number of aryl methyl sites for hydroxylation is 1. The summed E-state index contributed by atoms with van der Waals surface area (Å²) < 4.78 is 16.3. The van der Waals surface area contributed by atoms with Gasteiger partial charge in [0.2, 0.25) is 11.8 Å². The SMILES string of the molecule is COc1ccc(CCC(=O)N2CCCN(C(=O)Cc3ccc4c(c3)OCCO4)CC2)cc1. The maximum Gasteiger partial charge on any atom is 0.227 e. The molecular formula is C25H30N2O5. The number of ether oxygens (including phenoxy) is 3. The summed E-state index contributed by atoms with van der Waals surface area (Å²) in [4.78, 5) is 29.3. The summed E-state index contributed by atoms with van der Waals surface area (Å²) in [5.41, 5.74) is 2.03. The molecule has 2 heterocycles. The summed E-state index contributed by atoms with van der Waals surface area (Å²) in [6, 6.07) is 13.5. The van der Waals surface area contributed by atoms with Gasteiger partial charge >= 0.3 is 0 Å². The molecule has 2 aromatic rings. The molecule has 2 aromatic carbocycles. The van der Waals surface area contributed by atoms with E-state index >= 15 is 0 Å². The first kappa shape index (κ1) is 22.0. The molecule has 0 radical (unpaired) electrons. The molecule has 4 rings (SSSR count). The van der Waals surface area contributed by atoms with Crippen LogP contribution in [0, 0.1) is 0 Å². The number of carbonyl (C=O) groups is 2. The molecule has 0 unspecified atom stereocenters. The van der Waals surface area contributed by atoms with Crippen LogP contribution < -0.4 is 14.2 Å². The first-order chi connectivity index (χ1) is 15.6. The molecule has 32 heavy (non-hydrogen) atoms. The third-order valence-corrected chi connectivity index (χ3v) is 5.95. The lowest BCUT2D eigenvalue weighted by Crippen LogP contribution is -2.38. The van der Waals surface area contributed by atoms with Crippen LogP contribution in [0.5, 0.6) is 17.2 Å². The van der Waals surface area contributed by atoms with Crippen LogP contribution in [-0.4, -0.2) is 68.1 Å². The number of benzene rings is 2. The molecule has 0 atom stereocenters. The van der Waals surface area contributed by atoms with Crippen LogP contribution in [0.15, 0.2) is 42.5 Å². The van der Waals surface area contributed by atoms with E-state index in [0.29, 0.717) is 64.4 Å². The van der Waals surface area contributed by atoms with E-state index in [4.69, 9.17) is 14.2 Å². The third kappa shape index (κ3) is 5.52. The van der Waals surface area contributed by atoms with Crippen molar-refractivity contribution in [1.82, 2.24) is 9.80 Å². The third-order valence-electron chi connectivity index (χ3n) is 5.95. The van der Waals surface area contributed by atoms with Crippen molar-refractivity contribution in [2.24, 2.45) is 0 Å². The Morgan fingerprint density at radius 2 is 1.50 bits per heavy atom. The van der Waals surface area contributed by atoms with Crippen molar-refractivity contribution in [3.63, 3.8) is 0 Å². The van der Waals surface area contributed by atoms with E-state index < -0.39 is 0 Å². The first-order valence-electron chi connectivity index (χ1n) is 11.2. The van der Waals surface area contributed by atoms with E-state index in [1.807, 2.05) is 52.3 Å². The van der Waals surface area contributed by atoms with E-state index in [1.54, 1.807) is 7.11 Å². The van der Waals surface area contributed by atoms with E-state index in [0.717, 1.165) is 29.0 Å². The molecule has 7 nitrogen and oxygen atoms in total. The molecular weight excluding hydrogens is 408 g/mol. The molecule has 2 aliphatic heterocycles. The zero-order chi connectivity index (χ0) is 22.3. The summed E-state index contributed by atoms with van der Waals surface area (Å²) in [6.07, 6.45) is 2.28. The van der Waals surface area contributed by atoms with Gasteiger partial charge in [0.15, 0.2) is 11.5 Å². The van der Waals surface area contributed by atoms with Crippen molar-refractivity contribution in [2.75, 3.05) is 46.5 Å². The van der Waals surface area contributed by atoms with E-state index in [-0.39, 0.29) is 11.8 Å². The fraction of sp³-hybridized carbons (Fsp3) is 0.440. The van der Waals surface area contributed by atoms with Crippen LogP contribution in [0.25, 0.3) is 0 Å². The number of carbonyl (C=O) groups excluding carboxylic acids is 2. The standard InChI is InChI=1S/C25H30N2O5/c1-30-21-7-3-19(4-8-21)6-10-24(28)26-11-2-12-27(14-13-26)25(29)18-20-5-9-22-23(17-20)32-16-15-31-22/h3-5,7-9,17H,2,6,10-16,18H2,1H3. The van der Waals surface area contributed by atoms with Crippen LogP contribution in [-0.2, 0) is 22.4 Å². The first-order valence-corrected chi connectivity index (χ1v) is 11.2. The molecule has 0 aromatic heterocycles. The van der Waals surface area contributed by atoms with E-state index in [1.165, 1.54) is 0 Å². The van der Waals surface area contributed by atoms with Gasteiger partial charge < -0.3 is 24.0 Å². The molecule has 2 amide bonds. The lowest BCUT2D eigenvalue weighted by atomic mass is 10.1. The Morgan fingerprint density at radius 1 is 0.844 bits per heavy atom. The van der Waals surface area contributed by atoms with E-state index in [2.05, 4.69) is 0 Å². The van der Waals surface area contributed by atoms with Gasteiger partial charge in [-0.05, 0) is 48.2 Å². The molecule has 2 aliphatic rings. The molecule has 1 fully saturated rings. The van der Waals surface area contributed by atoms with Gasteiger partial charge in [-0.15, -0.1) is 0 Å². The fourth-order valence-corrected chi connectivity index (χ4v) is 4.10. The van der Waals surface area contributed by atoms with Crippen LogP contribution >= 0.6 is 0 Å². The second-order valence-corrected chi connectivity index (χ2v) is 8.12. The minimum atomic E-state index is 0.0780. The van der Waals surface area contributed by atoms with Gasteiger partial charge in [0.25, 0.3) is 0 Å². The topological polar surface area (TPSA) is 68.3 Å². The number of nitrogens with zero attached hydrogens (tertiary/aromatic N) is 2. The van der Waals surface area contributed by atoms with Gasteiger partial charge in [-0.1, -0.05) is 18.2 Å². The van der Waals surface area contributed by atoms with Gasteiger partial charge in [0.05, 0.1) is 13.5 Å². The molecule has 1 saturated heterocycles. The Kier molecular flexibility index (Phi) is 7.14. The molecule has 0 aliphatic carbocycles. The highest BCUT2D eigenvalue weighted by Crippen LogP contribution is 2.31. The summed E-state index contributed by atoms with van der Waals surface area (Å²) in [5.74, 6) is 2.46. The van der Waals surface area contributed by atoms with Gasteiger partial charge in [0.1, 0.15) is 19.0 Å². The number of hydrogen-bond donors (Lipinski definition) is 0. The van der Waals surface area contributed by atoms with Crippen molar-refractivity contribution in [2.45, 2.75) is 25.7 Å². The lowest BCUT2D eigenvalue weighted by molar-refractivity contribution is -0.133. The Morgan fingerprint density at radius 3 is 2.22 bits per heavy atom. The van der Waals surface area contributed by atoms with Crippen molar-refractivity contribution in [1.29, 1.82) is 0 Å². The Hall–Kier alpha value is -3.22. The van der Waals surface area contributed by atoms with Crippen LogP contribution in [0.3, 0.4) is 0 Å². The minimum Gasteiger partial charge on any atom is -0.497 e. The average molecular weight is 439 g/mol. The maximum atomic E-state index is 12.9. The number of fused-ring (bicyclic) bond motifs is 1. The number of amides is 2. The van der Waals surface area contributed by atoms with Crippen molar-refractivity contribution >= 4 is 11.8 Å². The predicted molar refractivity (Wildman–Crippen MR) is 120 cm³/mol. The molecule has 0 bridgehead atoms. The minimum absolute atomic E-state index is 0.0780. The molecule has 0 N–H and O–H groups in total. The molecule has 0 spiro atoms. The number of hydrogen-bond acceptors (Lipinski definition) is 5. The van der Waals surface area contributed by atoms with Gasteiger partial charge in [-0.3, -0.25) is 9.59 Å². The normalized spacial score (nSPS) is 15.8. The number of rotatable bonds is 6. The molecule has 170 valence electrons. The second kappa shape index (κ2) is 10.4.